The molecule has 35 heavy (non-hydrogen) atoms. The smallest absolute Gasteiger partial charge is 0.363 e. The fraction of sp³-hybridized carbons (Fsp3) is 0.542. The largest absolute Gasteiger partial charge is 0.416 e. The highest BCUT2D eigenvalue weighted by atomic mass is 19.4. The topological polar surface area (TPSA) is 76.6 Å². The highest BCUT2D eigenvalue weighted by molar-refractivity contribution is 5.90. The van der Waals surface area contributed by atoms with Gasteiger partial charge in [0, 0.05) is 63.8 Å². The summed E-state index contributed by atoms with van der Waals surface area (Å²) in [6.07, 6.45) is -2.51. The Bertz CT molecular complexity index is 1010. The normalized spacial score (nSPS) is 17.9. The molecule has 8 nitrogen and oxygen atoms in total. The number of fused-ring (bicyclic) bond motifs is 1. The van der Waals surface area contributed by atoms with E-state index in [0.29, 0.717) is 31.9 Å². The Hall–Kier alpha value is -2.76. The lowest BCUT2D eigenvalue weighted by Crippen LogP contribution is -2.50. The van der Waals surface area contributed by atoms with Gasteiger partial charge in [0.05, 0.1) is 12.1 Å². The molecule has 0 aliphatic carbocycles. The van der Waals surface area contributed by atoms with E-state index in [2.05, 4.69) is 35.3 Å². The summed E-state index contributed by atoms with van der Waals surface area (Å²) in [4.78, 5) is 27.3. The number of halogens is 3. The minimum Gasteiger partial charge on any atom is -0.363 e. The zero-order chi connectivity index (χ0) is 25.0. The third kappa shape index (κ3) is 6.28. The molecule has 2 aliphatic heterocycles. The Morgan fingerprint density at radius 2 is 1.83 bits per heavy atom. The number of nitrogens with one attached hydrogen (secondary N) is 2. The molecule has 1 fully saturated rings. The van der Waals surface area contributed by atoms with Gasteiger partial charge in [-0.05, 0) is 31.8 Å². The fourth-order valence-electron chi connectivity index (χ4n) is 4.57. The molecule has 1 aromatic carbocycles. The summed E-state index contributed by atoms with van der Waals surface area (Å²) in [5, 5.41) is 6.52. The summed E-state index contributed by atoms with van der Waals surface area (Å²) in [5.41, 5.74) is 1.06. The van der Waals surface area contributed by atoms with Gasteiger partial charge in [-0.1, -0.05) is 12.1 Å². The van der Waals surface area contributed by atoms with Crippen LogP contribution in [-0.4, -0.2) is 92.0 Å². The van der Waals surface area contributed by atoms with Crippen LogP contribution in [0.25, 0.3) is 0 Å². The summed E-state index contributed by atoms with van der Waals surface area (Å²) in [6, 6.07) is 5.45. The van der Waals surface area contributed by atoms with E-state index in [-0.39, 0.29) is 18.4 Å². The molecule has 0 spiro atoms. The predicted octanol–water partition coefficient (Wildman–Crippen LogP) is 2.05. The SMILES string of the molecule is CN(C)CCNCC(c1ccc(C(F)(F)F)cc1)N1CCN(c2ncnc3c2CC(=O)CN3)CC1. The van der Waals surface area contributed by atoms with E-state index < -0.39 is 11.7 Å². The number of carbonyl (C=O) groups is 1. The van der Waals surface area contributed by atoms with Gasteiger partial charge in [0.25, 0.3) is 0 Å². The van der Waals surface area contributed by atoms with Gasteiger partial charge in [-0.3, -0.25) is 9.69 Å². The van der Waals surface area contributed by atoms with Crippen LogP contribution in [0.1, 0.15) is 22.7 Å². The number of anilines is 2. The van der Waals surface area contributed by atoms with Crippen molar-refractivity contribution in [3.8, 4) is 0 Å². The molecule has 2 aliphatic rings. The van der Waals surface area contributed by atoms with Crippen molar-refractivity contribution in [1.82, 2.24) is 25.1 Å². The van der Waals surface area contributed by atoms with Crippen molar-refractivity contribution in [2.24, 2.45) is 0 Å². The first kappa shape index (κ1) is 25.3. The van der Waals surface area contributed by atoms with Gasteiger partial charge in [0.2, 0.25) is 0 Å². The summed E-state index contributed by atoms with van der Waals surface area (Å²) in [6.45, 7) is 5.44. The number of nitrogens with zero attached hydrogens (tertiary/aromatic N) is 5. The van der Waals surface area contributed by atoms with Crippen molar-refractivity contribution >= 4 is 17.4 Å². The van der Waals surface area contributed by atoms with Crippen LogP contribution in [0.15, 0.2) is 30.6 Å². The zero-order valence-corrected chi connectivity index (χ0v) is 20.1. The van der Waals surface area contributed by atoms with Crippen molar-refractivity contribution in [3.05, 3.63) is 47.3 Å². The molecule has 1 unspecified atom stereocenters. The molecule has 3 heterocycles. The number of Topliss-reactive ketones (excluding diaryl/α,β-unsaturated/α-hetero) is 1. The number of likely N-dealkylation sites (N-methyl/N-ethyl adjacent to an activating group) is 1. The first-order valence-corrected chi connectivity index (χ1v) is 11.8. The van der Waals surface area contributed by atoms with E-state index in [4.69, 9.17) is 0 Å². The molecular weight excluding hydrogens is 459 g/mol. The fourth-order valence-corrected chi connectivity index (χ4v) is 4.57. The van der Waals surface area contributed by atoms with Crippen LogP contribution in [-0.2, 0) is 17.4 Å². The van der Waals surface area contributed by atoms with Gasteiger partial charge in [0.1, 0.15) is 18.0 Å². The predicted molar refractivity (Wildman–Crippen MR) is 129 cm³/mol. The molecule has 190 valence electrons. The van der Waals surface area contributed by atoms with Crippen molar-refractivity contribution < 1.29 is 18.0 Å². The van der Waals surface area contributed by atoms with Gasteiger partial charge in [-0.15, -0.1) is 0 Å². The van der Waals surface area contributed by atoms with Crippen molar-refractivity contribution in [3.63, 3.8) is 0 Å². The average molecular weight is 492 g/mol. The van der Waals surface area contributed by atoms with E-state index >= 15 is 0 Å². The summed E-state index contributed by atoms with van der Waals surface area (Å²) in [7, 11) is 4.01. The summed E-state index contributed by atoms with van der Waals surface area (Å²) in [5.74, 6) is 1.61. The number of hydrogen-bond donors (Lipinski definition) is 2. The van der Waals surface area contributed by atoms with Gasteiger partial charge in [0.15, 0.2) is 5.78 Å². The Kier molecular flexibility index (Phi) is 7.88. The number of rotatable bonds is 8. The van der Waals surface area contributed by atoms with Crippen molar-refractivity contribution in [1.29, 1.82) is 0 Å². The molecule has 0 saturated carbocycles. The molecule has 4 rings (SSSR count). The number of hydrogen-bond acceptors (Lipinski definition) is 8. The highest BCUT2D eigenvalue weighted by Gasteiger charge is 2.32. The third-order valence-electron chi connectivity index (χ3n) is 6.50. The minimum atomic E-state index is -4.35. The standard InChI is InChI=1S/C24H32F3N7O/c1-32(2)8-7-28-15-21(17-3-5-18(6-4-17)24(25,26)27)33-9-11-34(12-10-33)23-20-13-19(35)14-29-22(20)30-16-31-23/h3-6,16,21,28H,7-15H2,1-2H3,(H,29,30,31). The van der Waals surface area contributed by atoms with Crippen LogP contribution in [0.2, 0.25) is 0 Å². The van der Waals surface area contributed by atoms with Crippen LogP contribution >= 0.6 is 0 Å². The van der Waals surface area contributed by atoms with E-state index in [1.54, 1.807) is 12.1 Å². The lowest BCUT2D eigenvalue weighted by Gasteiger charge is -2.41. The molecule has 0 radical (unpaired) electrons. The number of ketones is 1. The molecule has 1 saturated heterocycles. The molecule has 11 heteroatoms. The Morgan fingerprint density at radius 1 is 1.11 bits per heavy atom. The first-order valence-electron chi connectivity index (χ1n) is 11.8. The lowest BCUT2D eigenvalue weighted by atomic mass is 10.0. The molecular formula is C24H32F3N7O. The second-order valence-corrected chi connectivity index (χ2v) is 9.26. The molecule has 0 bridgehead atoms. The number of carbonyl (C=O) groups excluding carboxylic acids is 1. The Morgan fingerprint density at radius 3 is 2.49 bits per heavy atom. The molecule has 2 aromatic rings. The van der Waals surface area contributed by atoms with Crippen LogP contribution in [0.4, 0.5) is 24.8 Å². The number of alkyl halides is 3. The second kappa shape index (κ2) is 10.9. The quantitative estimate of drug-likeness (QED) is 0.544. The second-order valence-electron chi connectivity index (χ2n) is 9.26. The minimum absolute atomic E-state index is 0.0517. The molecule has 0 amide bonds. The average Bonchev–Trinajstić information content (AvgIpc) is 2.83. The maximum absolute atomic E-state index is 13.1. The summed E-state index contributed by atoms with van der Waals surface area (Å²) < 4.78 is 39.2. The van der Waals surface area contributed by atoms with Gasteiger partial charge < -0.3 is 20.4 Å². The Balaban J connectivity index is 1.47. The van der Waals surface area contributed by atoms with Gasteiger partial charge in [-0.25, -0.2) is 9.97 Å². The zero-order valence-electron chi connectivity index (χ0n) is 20.1. The number of aromatic nitrogens is 2. The van der Waals surface area contributed by atoms with Crippen LogP contribution in [0.3, 0.4) is 0 Å². The number of benzene rings is 1. The van der Waals surface area contributed by atoms with Gasteiger partial charge in [-0.2, -0.15) is 13.2 Å². The number of piperazine rings is 1. The first-order chi connectivity index (χ1) is 16.7. The van der Waals surface area contributed by atoms with E-state index in [9.17, 15) is 18.0 Å². The van der Waals surface area contributed by atoms with E-state index in [0.717, 1.165) is 55.3 Å². The maximum Gasteiger partial charge on any atom is 0.416 e. The van der Waals surface area contributed by atoms with Crippen molar-refractivity contribution in [2.75, 3.05) is 76.7 Å². The van der Waals surface area contributed by atoms with Crippen molar-refractivity contribution in [2.45, 2.75) is 18.6 Å². The van der Waals surface area contributed by atoms with E-state index in [1.165, 1.54) is 6.33 Å². The third-order valence-corrected chi connectivity index (χ3v) is 6.50. The molecule has 1 atom stereocenters. The molecule has 2 N–H and O–H groups in total. The van der Waals surface area contributed by atoms with Crippen LogP contribution in [0, 0.1) is 0 Å². The molecule has 1 aromatic heterocycles. The monoisotopic (exact) mass is 491 g/mol. The van der Waals surface area contributed by atoms with Gasteiger partial charge >= 0.3 is 6.18 Å². The lowest BCUT2D eigenvalue weighted by molar-refractivity contribution is -0.137. The Labute approximate surface area is 203 Å². The van der Waals surface area contributed by atoms with Crippen LogP contribution in [0.5, 0.6) is 0 Å². The van der Waals surface area contributed by atoms with Crippen LogP contribution < -0.4 is 15.5 Å². The van der Waals surface area contributed by atoms with E-state index in [1.807, 2.05) is 14.1 Å². The highest BCUT2D eigenvalue weighted by Crippen LogP contribution is 2.32. The summed E-state index contributed by atoms with van der Waals surface area (Å²) >= 11 is 0. The maximum atomic E-state index is 13.1.